The average molecular weight is 1420 g/mol. The van der Waals surface area contributed by atoms with E-state index in [-0.39, 0.29) is 18.9 Å². The van der Waals surface area contributed by atoms with Crippen LogP contribution in [0.3, 0.4) is 0 Å². The Bertz CT molecular complexity index is 1820. The molecule has 2 aliphatic heterocycles. The summed E-state index contributed by atoms with van der Waals surface area (Å²) in [6, 6.07) is -0.938. The highest BCUT2D eigenvalue weighted by atomic mass is 16.7. The molecule has 2 aliphatic rings. The van der Waals surface area contributed by atoms with Crippen molar-refractivity contribution in [2.45, 2.75) is 485 Å². The Morgan fingerprint density at radius 1 is 0.350 bits per heavy atom. The molecule has 1 amide bonds. The summed E-state index contributed by atoms with van der Waals surface area (Å²) in [7, 11) is 0. The van der Waals surface area contributed by atoms with Crippen molar-refractivity contribution in [1.29, 1.82) is 0 Å². The Morgan fingerprint density at radius 3 is 0.980 bits per heavy atom. The molecule has 12 atom stereocenters. The predicted molar refractivity (Wildman–Crippen MR) is 415 cm³/mol. The number of carbonyl (C=O) groups excluding carboxylic acids is 1. The number of aliphatic hydroxyl groups excluding tert-OH is 8. The number of hydrogen-bond acceptors (Lipinski definition) is 13. The van der Waals surface area contributed by atoms with Gasteiger partial charge in [-0.25, -0.2) is 0 Å². The number of allylic oxidation sites excluding steroid dienone is 5. The maximum atomic E-state index is 13.4. The van der Waals surface area contributed by atoms with E-state index in [1.807, 2.05) is 6.08 Å². The lowest BCUT2D eigenvalue weighted by Crippen LogP contribution is -2.65. The smallest absolute Gasteiger partial charge is 0.220 e. The van der Waals surface area contributed by atoms with E-state index in [1.165, 1.54) is 334 Å². The zero-order chi connectivity index (χ0) is 72.2. The van der Waals surface area contributed by atoms with E-state index in [9.17, 15) is 45.6 Å². The van der Waals surface area contributed by atoms with Crippen LogP contribution in [0.2, 0.25) is 0 Å². The first-order valence-electron chi connectivity index (χ1n) is 43.2. The van der Waals surface area contributed by atoms with Crippen LogP contribution in [-0.2, 0) is 23.7 Å². The molecule has 9 N–H and O–H groups in total. The molecule has 0 aromatic heterocycles. The van der Waals surface area contributed by atoms with Crippen LogP contribution in [0, 0.1) is 0 Å². The molecule has 0 aliphatic carbocycles. The first-order chi connectivity index (χ1) is 49.1. The molecule has 2 rings (SSSR count). The zero-order valence-corrected chi connectivity index (χ0v) is 65.0. The van der Waals surface area contributed by atoms with E-state index in [4.69, 9.17) is 18.9 Å². The average Bonchev–Trinajstić information content (AvgIpc) is 0.790. The summed E-state index contributed by atoms with van der Waals surface area (Å²) in [5.41, 5.74) is 0. The van der Waals surface area contributed by atoms with Crippen LogP contribution in [0.25, 0.3) is 0 Å². The highest BCUT2D eigenvalue weighted by Gasteiger charge is 2.51. The van der Waals surface area contributed by atoms with Crippen molar-refractivity contribution in [3.63, 3.8) is 0 Å². The second kappa shape index (κ2) is 70.2. The van der Waals surface area contributed by atoms with Crippen LogP contribution in [0.5, 0.6) is 0 Å². The van der Waals surface area contributed by atoms with E-state index >= 15 is 0 Å². The number of ether oxygens (including phenoxy) is 4. The normalized spacial score (nSPS) is 21.9. The molecule has 100 heavy (non-hydrogen) atoms. The molecule has 0 radical (unpaired) electrons. The van der Waals surface area contributed by atoms with Gasteiger partial charge in [-0.2, -0.15) is 0 Å². The summed E-state index contributed by atoms with van der Waals surface area (Å²) >= 11 is 0. The second-order valence-corrected chi connectivity index (χ2v) is 30.7. The van der Waals surface area contributed by atoms with Gasteiger partial charge in [-0.1, -0.05) is 397 Å². The fourth-order valence-electron chi connectivity index (χ4n) is 14.5. The summed E-state index contributed by atoms with van der Waals surface area (Å²) in [6.07, 6.45) is 77.0. The maximum Gasteiger partial charge on any atom is 0.220 e. The lowest BCUT2D eigenvalue weighted by Gasteiger charge is -2.46. The molecule has 0 aromatic rings. The van der Waals surface area contributed by atoms with Crippen molar-refractivity contribution in [3.8, 4) is 0 Å². The Morgan fingerprint density at radius 2 is 0.640 bits per heavy atom. The molecule has 0 bridgehead atoms. The van der Waals surface area contributed by atoms with Gasteiger partial charge in [0, 0.05) is 6.42 Å². The fraction of sp³-hybridized carbons (Fsp3) is 0.919. The van der Waals surface area contributed by atoms with Crippen molar-refractivity contribution in [2.75, 3.05) is 19.8 Å². The van der Waals surface area contributed by atoms with Crippen molar-refractivity contribution < 1.29 is 64.6 Å². The van der Waals surface area contributed by atoms with E-state index in [0.717, 1.165) is 44.9 Å². The third kappa shape index (κ3) is 52.2. The predicted octanol–water partition coefficient (Wildman–Crippen LogP) is 20.4. The molecule has 0 spiro atoms. The van der Waals surface area contributed by atoms with Crippen molar-refractivity contribution in [3.05, 3.63) is 36.5 Å². The number of unbranched alkanes of at least 4 members (excludes halogenated alkanes) is 57. The summed E-state index contributed by atoms with van der Waals surface area (Å²) < 4.78 is 22.9. The Kier molecular flexibility index (Phi) is 66.2. The summed E-state index contributed by atoms with van der Waals surface area (Å²) in [6.45, 7) is 2.85. The zero-order valence-electron chi connectivity index (χ0n) is 65.0. The van der Waals surface area contributed by atoms with Gasteiger partial charge in [0.25, 0.3) is 0 Å². The van der Waals surface area contributed by atoms with E-state index in [1.54, 1.807) is 6.08 Å². The SMILES string of the molecule is CCCCCCCCCCCCCCCCCCC/C=C/CC/C=C/CC/C=C/C(O)C(COC1OC(CO)C(OC2OC(CO)C(O)C(O)C2O)C(O)C1O)NC(=O)CCCCCCCCCCCCCCCCCCCCCCCCCCCCCCCCCCCCCCCCC. The molecule has 0 saturated carbocycles. The Balaban J connectivity index is 1.58. The highest BCUT2D eigenvalue weighted by molar-refractivity contribution is 5.76. The van der Waals surface area contributed by atoms with Gasteiger partial charge >= 0.3 is 0 Å². The van der Waals surface area contributed by atoms with Gasteiger partial charge in [-0.05, 0) is 44.9 Å². The number of amides is 1. The van der Waals surface area contributed by atoms with Gasteiger partial charge < -0.3 is 65.1 Å². The first-order valence-corrected chi connectivity index (χ1v) is 43.2. The third-order valence-electron chi connectivity index (χ3n) is 21.3. The Labute approximate surface area is 614 Å². The standard InChI is InChI=1S/C86H163NO13/c1-3-5-7-9-11-13-15-17-19-21-23-25-27-29-31-32-33-34-35-36-37-38-39-40-41-42-44-46-48-50-52-54-56-58-60-62-64-66-68-70-78(91)87-74(73-97-85-83(96)81(94)84(77(72-89)99-85)100-86-82(95)80(93)79(92)76(71-88)98-86)75(90)69-67-65-63-61-59-57-55-53-51-49-47-45-43-30-28-26-24-22-20-18-16-14-12-10-8-6-4-2/h51,53,59,61,67,69,74-77,79-86,88-90,92-96H,3-50,52,54-58,60,62-66,68,70-73H2,1-2H3,(H,87,91)/b53-51+,61-59+,69-67+. The number of hydrogen-bond donors (Lipinski definition) is 9. The minimum atomic E-state index is -1.79. The third-order valence-corrected chi connectivity index (χ3v) is 21.3. The van der Waals surface area contributed by atoms with Crippen LogP contribution in [0.15, 0.2) is 36.5 Å². The maximum absolute atomic E-state index is 13.4. The van der Waals surface area contributed by atoms with Crippen molar-refractivity contribution >= 4 is 5.91 Å². The van der Waals surface area contributed by atoms with Crippen LogP contribution in [0.1, 0.15) is 412 Å². The molecule has 14 nitrogen and oxygen atoms in total. The van der Waals surface area contributed by atoms with Crippen LogP contribution >= 0.6 is 0 Å². The molecular formula is C86H163NO13. The van der Waals surface area contributed by atoms with Crippen LogP contribution in [-0.4, -0.2) is 140 Å². The Hall–Kier alpha value is -1.79. The molecule has 2 saturated heterocycles. The molecule has 2 heterocycles. The molecule has 12 unspecified atom stereocenters. The number of carbonyl (C=O) groups is 1. The largest absolute Gasteiger partial charge is 0.394 e. The van der Waals surface area contributed by atoms with Gasteiger partial charge in [-0.15, -0.1) is 0 Å². The molecule has 0 aromatic carbocycles. The van der Waals surface area contributed by atoms with Crippen LogP contribution < -0.4 is 5.32 Å². The topological polar surface area (TPSA) is 228 Å². The van der Waals surface area contributed by atoms with Gasteiger partial charge in [0.15, 0.2) is 12.6 Å². The minimum Gasteiger partial charge on any atom is -0.394 e. The number of rotatable bonds is 74. The number of aliphatic hydroxyl groups is 8. The van der Waals surface area contributed by atoms with Gasteiger partial charge in [0.2, 0.25) is 5.91 Å². The summed E-state index contributed by atoms with van der Waals surface area (Å²) in [5.74, 6) is -0.244. The van der Waals surface area contributed by atoms with Gasteiger partial charge in [0.1, 0.15) is 48.8 Å². The monoisotopic (exact) mass is 1420 g/mol. The number of nitrogens with one attached hydrogen (secondary N) is 1. The summed E-state index contributed by atoms with van der Waals surface area (Å²) in [5, 5.41) is 87.7. The molecule has 14 heteroatoms. The van der Waals surface area contributed by atoms with E-state index < -0.39 is 86.8 Å². The van der Waals surface area contributed by atoms with E-state index in [2.05, 4.69) is 43.5 Å². The first kappa shape index (κ1) is 94.3. The fourth-order valence-corrected chi connectivity index (χ4v) is 14.5. The van der Waals surface area contributed by atoms with Crippen molar-refractivity contribution in [1.82, 2.24) is 5.32 Å². The minimum absolute atomic E-state index is 0.244. The molecule has 590 valence electrons. The van der Waals surface area contributed by atoms with Gasteiger partial charge in [0.05, 0.1) is 32.0 Å². The molecule has 2 fully saturated rings. The quantitative estimate of drug-likeness (QED) is 0.0204. The molecular weight excluding hydrogens is 1250 g/mol. The van der Waals surface area contributed by atoms with Crippen molar-refractivity contribution in [2.24, 2.45) is 0 Å². The van der Waals surface area contributed by atoms with Gasteiger partial charge in [-0.3, -0.25) is 4.79 Å². The second-order valence-electron chi connectivity index (χ2n) is 30.7. The van der Waals surface area contributed by atoms with E-state index in [0.29, 0.717) is 12.8 Å². The van der Waals surface area contributed by atoms with Crippen LogP contribution in [0.4, 0.5) is 0 Å². The lowest BCUT2D eigenvalue weighted by atomic mass is 9.97. The lowest BCUT2D eigenvalue weighted by molar-refractivity contribution is -0.359. The summed E-state index contributed by atoms with van der Waals surface area (Å²) in [4.78, 5) is 13.4. The highest BCUT2D eigenvalue weighted by Crippen LogP contribution is 2.31.